The maximum atomic E-state index is 5.69. The van der Waals surface area contributed by atoms with Crippen LogP contribution in [0.4, 0.5) is 0 Å². The third-order valence-electron chi connectivity index (χ3n) is 1.29. The van der Waals surface area contributed by atoms with Gasteiger partial charge in [0.2, 0.25) is 0 Å². The van der Waals surface area contributed by atoms with Gasteiger partial charge in [0.1, 0.15) is 11.4 Å². The first-order valence-corrected chi connectivity index (χ1v) is 4.69. The number of halogens is 1. The molecule has 0 bridgehead atoms. The third-order valence-corrected chi connectivity index (χ3v) is 2.36. The molecule has 2 rings (SSSR count). The third kappa shape index (κ3) is 2.19. The average Bonchev–Trinajstić information content (AvgIpc) is 2.62. The van der Waals surface area contributed by atoms with Crippen molar-refractivity contribution in [3.8, 4) is 0 Å². The molecule has 0 aliphatic heterocycles. The van der Waals surface area contributed by atoms with E-state index in [0.29, 0.717) is 5.02 Å². The summed E-state index contributed by atoms with van der Waals surface area (Å²) in [5, 5.41) is 8.63. The predicted octanol–water partition coefficient (Wildman–Crippen LogP) is 2.00. The van der Waals surface area contributed by atoms with E-state index in [1.165, 1.54) is 18.1 Å². The molecule has 0 amide bonds. The predicted molar refractivity (Wildman–Crippen MR) is 49.8 cm³/mol. The van der Waals surface area contributed by atoms with Crippen LogP contribution in [-0.2, 0) is 0 Å². The molecule has 6 heteroatoms. The maximum absolute atomic E-state index is 5.69. The molecule has 0 aliphatic rings. The largest absolute Gasteiger partial charge is 0.254 e. The van der Waals surface area contributed by atoms with Gasteiger partial charge in [0, 0.05) is 6.20 Å². The lowest BCUT2D eigenvalue weighted by Crippen LogP contribution is -1.80. The molecule has 2 aromatic heterocycles. The summed E-state index contributed by atoms with van der Waals surface area (Å²) in [6, 6.07) is 3.61. The smallest absolute Gasteiger partial charge is 0.189 e. The number of H-pyrrole nitrogens is 1. The second-order valence-corrected chi connectivity index (χ2v) is 3.65. The minimum atomic E-state index is 0.627. The molecule has 2 aromatic rings. The summed E-state index contributed by atoms with van der Waals surface area (Å²) in [5.74, 6) is 0. The molecule has 0 aromatic carbocycles. The molecule has 0 atom stereocenters. The molecule has 0 saturated heterocycles. The highest BCUT2D eigenvalue weighted by Crippen LogP contribution is 2.22. The van der Waals surface area contributed by atoms with Crippen LogP contribution in [-0.4, -0.2) is 20.2 Å². The van der Waals surface area contributed by atoms with Crippen molar-refractivity contribution >= 4 is 23.4 Å². The molecular formula is C7H5ClN4S. The Kier molecular flexibility index (Phi) is 2.47. The molecule has 0 radical (unpaired) electrons. The van der Waals surface area contributed by atoms with Gasteiger partial charge in [-0.2, -0.15) is 5.10 Å². The minimum absolute atomic E-state index is 0.627. The number of rotatable bonds is 2. The fourth-order valence-electron chi connectivity index (χ4n) is 0.765. The fourth-order valence-corrected chi connectivity index (χ4v) is 1.51. The van der Waals surface area contributed by atoms with Crippen LogP contribution in [0.25, 0.3) is 0 Å². The Bertz CT molecular complexity index is 372. The normalized spacial score (nSPS) is 10.2. The standard InChI is InChI=1S/C7H5ClN4S/c8-5-1-2-6(9-3-5)13-7-10-4-11-12-7/h1-4H,(H,10,11,12). The Morgan fingerprint density at radius 1 is 1.31 bits per heavy atom. The average molecular weight is 213 g/mol. The van der Waals surface area contributed by atoms with E-state index in [4.69, 9.17) is 11.6 Å². The molecule has 0 aliphatic carbocycles. The zero-order chi connectivity index (χ0) is 9.10. The van der Waals surface area contributed by atoms with Gasteiger partial charge in [-0.15, -0.1) is 0 Å². The van der Waals surface area contributed by atoms with Gasteiger partial charge in [-0.1, -0.05) is 11.6 Å². The number of nitrogens with zero attached hydrogens (tertiary/aromatic N) is 3. The van der Waals surface area contributed by atoms with Crippen molar-refractivity contribution in [2.75, 3.05) is 0 Å². The van der Waals surface area contributed by atoms with E-state index < -0.39 is 0 Å². The van der Waals surface area contributed by atoms with E-state index in [-0.39, 0.29) is 0 Å². The Labute approximate surface area is 83.8 Å². The van der Waals surface area contributed by atoms with Gasteiger partial charge in [0.05, 0.1) is 5.02 Å². The monoisotopic (exact) mass is 212 g/mol. The zero-order valence-electron chi connectivity index (χ0n) is 6.44. The molecule has 0 fully saturated rings. The summed E-state index contributed by atoms with van der Waals surface area (Å²) in [6.45, 7) is 0. The summed E-state index contributed by atoms with van der Waals surface area (Å²) >= 11 is 7.09. The van der Waals surface area contributed by atoms with E-state index in [1.54, 1.807) is 12.3 Å². The van der Waals surface area contributed by atoms with Crippen molar-refractivity contribution in [1.82, 2.24) is 20.2 Å². The lowest BCUT2D eigenvalue weighted by atomic mass is 10.5. The van der Waals surface area contributed by atoms with Gasteiger partial charge in [-0.25, -0.2) is 9.97 Å². The zero-order valence-corrected chi connectivity index (χ0v) is 8.01. The van der Waals surface area contributed by atoms with E-state index in [1.807, 2.05) is 6.07 Å². The van der Waals surface area contributed by atoms with Crippen molar-refractivity contribution in [2.24, 2.45) is 0 Å². The highest BCUT2D eigenvalue weighted by Gasteiger charge is 2.00. The van der Waals surface area contributed by atoms with Crippen LogP contribution in [0.3, 0.4) is 0 Å². The lowest BCUT2D eigenvalue weighted by Gasteiger charge is -1.95. The molecule has 0 unspecified atom stereocenters. The first-order valence-electron chi connectivity index (χ1n) is 3.49. The summed E-state index contributed by atoms with van der Waals surface area (Å²) < 4.78 is 0. The van der Waals surface area contributed by atoms with Crippen molar-refractivity contribution < 1.29 is 0 Å². The van der Waals surface area contributed by atoms with Crippen molar-refractivity contribution in [2.45, 2.75) is 10.2 Å². The molecule has 2 heterocycles. The summed E-state index contributed by atoms with van der Waals surface area (Å²) in [7, 11) is 0. The molecule has 4 nitrogen and oxygen atoms in total. The highest BCUT2D eigenvalue weighted by molar-refractivity contribution is 7.99. The van der Waals surface area contributed by atoms with Crippen LogP contribution in [0.1, 0.15) is 0 Å². The number of hydrogen-bond donors (Lipinski definition) is 1. The van der Waals surface area contributed by atoms with Gasteiger partial charge in [0.15, 0.2) is 5.16 Å². The number of nitrogens with one attached hydrogen (secondary N) is 1. The summed E-state index contributed by atoms with van der Waals surface area (Å²) in [4.78, 5) is 8.05. The Hall–Kier alpha value is -1.07. The quantitative estimate of drug-likeness (QED) is 0.828. The van der Waals surface area contributed by atoms with Crippen LogP contribution >= 0.6 is 23.4 Å². The number of pyridine rings is 1. The van der Waals surface area contributed by atoms with Gasteiger partial charge in [0.25, 0.3) is 0 Å². The van der Waals surface area contributed by atoms with E-state index in [0.717, 1.165) is 10.2 Å². The van der Waals surface area contributed by atoms with Gasteiger partial charge < -0.3 is 0 Å². The second kappa shape index (κ2) is 3.76. The number of aromatic amines is 1. The molecule has 0 spiro atoms. The second-order valence-electron chi connectivity index (χ2n) is 2.21. The van der Waals surface area contributed by atoms with Gasteiger partial charge >= 0.3 is 0 Å². The fraction of sp³-hybridized carbons (Fsp3) is 0. The number of hydrogen-bond acceptors (Lipinski definition) is 4. The van der Waals surface area contributed by atoms with Gasteiger partial charge in [-0.05, 0) is 23.9 Å². The van der Waals surface area contributed by atoms with E-state index >= 15 is 0 Å². The van der Waals surface area contributed by atoms with E-state index in [2.05, 4.69) is 20.2 Å². The maximum Gasteiger partial charge on any atom is 0.189 e. The molecule has 66 valence electrons. The van der Waals surface area contributed by atoms with Crippen LogP contribution in [0.5, 0.6) is 0 Å². The lowest BCUT2D eigenvalue weighted by molar-refractivity contribution is 0.967. The number of aromatic nitrogens is 4. The van der Waals surface area contributed by atoms with Crippen LogP contribution in [0.15, 0.2) is 34.8 Å². The molecular weight excluding hydrogens is 208 g/mol. The van der Waals surface area contributed by atoms with Crippen LogP contribution in [0.2, 0.25) is 5.02 Å². The first kappa shape index (κ1) is 8.52. The Morgan fingerprint density at radius 3 is 2.85 bits per heavy atom. The molecule has 0 saturated carbocycles. The molecule has 13 heavy (non-hydrogen) atoms. The molecule has 1 N–H and O–H groups in total. The SMILES string of the molecule is Clc1ccc(Sc2ncn[nH]2)nc1. The summed E-state index contributed by atoms with van der Waals surface area (Å²) in [5.41, 5.74) is 0. The highest BCUT2D eigenvalue weighted by atomic mass is 35.5. The summed E-state index contributed by atoms with van der Waals surface area (Å²) in [6.07, 6.45) is 3.05. The van der Waals surface area contributed by atoms with Gasteiger partial charge in [-0.3, -0.25) is 5.10 Å². The van der Waals surface area contributed by atoms with E-state index in [9.17, 15) is 0 Å². The minimum Gasteiger partial charge on any atom is -0.254 e. The van der Waals surface area contributed by atoms with Crippen molar-refractivity contribution in [3.63, 3.8) is 0 Å². The Morgan fingerprint density at radius 2 is 2.23 bits per heavy atom. The van der Waals surface area contributed by atoms with Crippen molar-refractivity contribution in [3.05, 3.63) is 29.7 Å². The Balaban J connectivity index is 2.15. The van der Waals surface area contributed by atoms with Crippen molar-refractivity contribution in [1.29, 1.82) is 0 Å². The van der Waals surface area contributed by atoms with Crippen LogP contribution in [0, 0.1) is 0 Å². The first-order chi connectivity index (χ1) is 6.34. The van der Waals surface area contributed by atoms with Crippen LogP contribution < -0.4 is 0 Å². The topological polar surface area (TPSA) is 54.5 Å².